The molecule has 2 N–H and O–H groups in total. The van der Waals surface area contributed by atoms with E-state index >= 15 is 0 Å². The maximum absolute atomic E-state index is 13.3. The van der Waals surface area contributed by atoms with Gasteiger partial charge in [0.2, 0.25) is 0 Å². The summed E-state index contributed by atoms with van der Waals surface area (Å²) >= 11 is 0. The van der Waals surface area contributed by atoms with Gasteiger partial charge in [-0.1, -0.05) is 19.9 Å². The third kappa shape index (κ3) is 3.84. The molecule has 2 unspecified atom stereocenters. The molecule has 0 spiro atoms. The van der Waals surface area contributed by atoms with E-state index in [-0.39, 0.29) is 12.1 Å². The van der Waals surface area contributed by atoms with Crippen molar-refractivity contribution in [3.63, 3.8) is 0 Å². The van der Waals surface area contributed by atoms with Gasteiger partial charge in [-0.25, -0.2) is 9.52 Å². The predicted octanol–water partition coefficient (Wildman–Crippen LogP) is 3.37. The maximum Gasteiger partial charge on any atom is 0.333 e. The highest BCUT2D eigenvalue weighted by Gasteiger charge is 2.48. The predicted molar refractivity (Wildman–Crippen MR) is 126 cm³/mol. The van der Waals surface area contributed by atoms with Gasteiger partial charge in [-0.15, -0.1) is 0 Å². The Bertz CT molecular complexity index is 959. The average Bonchev–Trinajstić information content (AvgIpc) is 3.46. The highest BCUT2D eigenvalue weighted by atomic mass is 32.2. The van der Waals surface area contributed by atoms with Gasteiger partial charge in [-0.05, 0) is 99.6 Å². The van der Waals surface area contributed by atoms with E-state index in [4.69, 9.17) is 0 Å². The zero-order valence-electron chi connectivity index (χ0n) is 19.3. The average molecular weight is 461 g/mol. The monoisotopic (exact) mass is 460 g/mol. The highest BCUT2D eigenvalue weighted by molar-refractivity contribution is 7.87. The summed E-state index contributed by atoms with van der Waals surface area (Å²) in [4.78, 5) is 15.4. The van der Waals surface area contributed by atoms with Gasteiger partial charge in [0.05, 0.1) is 0 Å². The SMILES string of the molecule is CCN(CC)C1CC2CCC(C1)N2S(=O)(=O)NC(=O)Nc1c2c(cc3c1CCC3)CCC2. The number of hydrogen-bond donors (Lipinski definition) is 2. The molecule has 2 aliphatic carbocycles. The second-order valence-electron chi connectivity index (χ2n) is 9.86. The minimum atomic E-state index is -3.88. The number of aryl methyl sites for hydroxylation is 2. The standard InChI is InChI=1S/C24H36N4O3S/c1-3-27(4-2)20-14-18-11-12-19(15-20)28(18)32(30,31)26-24(29)25-23-21-9-5-7-16(21)13-17-8-6-10-22(17)23/h13,18-20H,3-12,14-15H2,1-2H3,(H2,25,26,29). The number of benzene rings is 1. The van der Waals surface area contributed by atoms with Crippen LogP contribution in [0.25, 0.3) is 0 Å². The lowest BCUT2D eigenvalue weighted by Crippen LogP contribution is -2.56. The van der Waals surface area contributed by atoms with Crippen LogP contribution in [0.3, 0.4) is 0 Å². The van der Waals surface area contributed by atoms with E-state index in [1.54, 1.807) is 4.31 Å². The maximum atomic E-state index is 13.3. The summed E-state index contributed by atoms with van der Waals surface area (Å²) in [5.74, 6) is 0. The van der Waals surface area contributed by atoms with Crippen LogP contribution in [-0.2, 0) is 35.9 Å². The Balaban J connectivity index is 1.31. The first-order chi connectivity index (χ1) is 15.4. The van der Waals surface area contributed by atoms with Gasteiger partial charge >= 0.3 is 16.2 Å². The van der Waals surface area contributed by atoms with Crippen LogP contribution in [-0.4, -0.2) is 54.9 Å². The Labute approximate surface area is 192 Å². The van der Waals surface area contributed by atoms with E-state index < -0.39 is 16.2 Å². The summed E-state index contributed by atoms with van der Waals surface area (Å²) < 4.78 is 30.5. The topological polar surface area (TPSA) is 81.8 Å². The van der Waals surface area contributed by atoms with E-state index in [0.717, 1.165) is 83.0 Å². The second kappa shape index (κ2) is 8.61. The molecule has 1 aromatic carbocycles. The normalized spacial score (nSPS) is 26.9. The Morgan fingerprint density at radius 2 is 1.56 bits per heavy atom. The van der Waals surface area contributed by atoms with Gasteiger partial charge in [-0.3, -0.25) is 0 Å². The fourth-order valence-electron chi connectivity index (χ4n) is 6.81. The Hall–Kier alpha value is -1.64. The van der Waals surface area contributed by atoms with Crippen molar-refractivity contribution in [3.8, 4) is 0 Å². The molecule has 176 valence electrons. The summed E-state index contributed by atoms with van der Waals surface area (Å²) in [5.41, 5.74) is 5.93. The van der Waals surface area contributed by atoms with E-state index in [0.29, 0.717) is 6.04 Å². The van der Waals surface area contributed by atoms with Crippen LogP contribution in [0.2, 0.25) is 0 Å². The fraction of sp³-hybridized carbons (Fsp3) is 0.708. The van der Waals surface area contributed by atoms with E-state index in [9.17, 15) is 13.2 Å². The Morgan fingerprint density at radius 1 is 1.00 bits per heavy atom. The van der Waals surface area contributed by atoms with E-state index in [1.165, 1.54) is 22.3 Å². The number of piperidine rings is 1. The highest BCUT2D eigenvalue weighted by Crippen LogP contribution is 2.40. The van der Waals surface area contributed by atoms with Crippen LogP contribution in [0, 0.1) is 0 Å². The molecule has 1 aromatic rings. The van der Waals surface area contributed by atoms with Crippen LogP contribution >= 0.6 is 0 Å². The number of carbonyl (C=O) groups excluding carboxylic acids is 1. The fourth-order valence-corrected chi connectivity index (χ4v) is 8.37. The van der Waals surface area contributed by atoms with E-state index in [2.05, 4.69) is 34.9 Å². The molecular formula is C24H36N4O3S. The van der Waals surface area contributed by atoms with Crippen molar-refractivity contribution in [3.05, 3.63) is 28.3 Å². The smallest absolute Gasteiger partial charge is 0.307 e. The number of rotatable bonds is 6. The molecular weight excluding hydrogens is 424 g/mol. The van der Waals surface area contributed by atoms with Crippen LogP contribution in [0.15, 0.2) is 6.07 Å². The van der Waals surface area contributed by atoms with Crippen molar-refractivity contribution in [1.29, 1.82) is 0 Å². The molecule has 32 heavy (non-hydrogen) atoms. The number of anilines is 1. The third-order valence-corrected chi connectivity index (χ3v) is 9.78. The van der Waals surface area contributed by atoms with Crippen LogP contribution in [0.5, 0.6) is 0 Å². The largest absolute Gasteiger partial charge is 0.333 e. The molecule has 8 heteroatoms. The summed E-state index contributed by atoms with van der Waals surface area (Å²) in [6, 6.07) is 2.08. The minimum Gasteiger partial charge on any atom is -0.307 e. The molecule has 2 fully saturated rings. The van der Waals surface area contributed by atoms with Crippen LogP contribution in [0.4, 0.5) is 10.5 Å². The minimum absolute atomic E-state index is 0.0186. The Morgan fingerprint density at radius 3 is 2.09 bits per heavy atom. The first-order valence-electron chi connectivity index (χ1n) is 12.4. The van der Waals surface area contributed by atoms with Crippen LogP contribution in [0.1, 0.15) is 74.6 Å². The molecule has 2 bridgehead atoms. The Kier molecular flexibility index (Phi) is 5.97. The molecule has 2 aliphatic heterocycles. The molecule has 7 nitrogen and oxygen atoms in total. The number of amides is 2. The summed E-state index contributed by atoms with van der Waals surface area (Å²) in [7, 11) is -3.88. The molecule has 0 saturated carbocycles. The first-order valence-corrected chi connectivity index (χ1v) is 13.9. The van der Waals surface area contributed by atoms with Crippen molar-refractivity contribution in [2.24, 2.45) is 0 Å². The molecule has 0 aromatic heterocycles. The quantitative estimate of drug-likeness (QED) is 0.682. The van der Waals surface area contributed by atoms with Crippen molar-refractivity contribution >= 4 is 21.9 Å². The lowest BCUT2D eigenvalue weighted by molar-refractivity contribution is 0.112. The molecule has 0 radical (unpaired) electrons. The molecule has 2 atom stereocenters. The van der Waals surface area contributed by atoms with Crippen molar-refractivity contribution < 1.29 is 13.2 Å². The van der Waals surface area contributed by atoms with Gasteiger partial charge < -0.3 is 10.2 Å². The molecule has 4 aliphatic rings. The van der Waals surface area contributed by atoms with Gasteiger partial charge in [0.15, 0.2) is 0 Å². The first kappa shape index (κ1) is 22.2. The van der Waals surface area contributed by atoms with Gasteiger partial charge in [-0.2, -0.15) is 12.7 Å². The van der Waals surface area contributed by atoms with Gasteiger partial charge in [0, 0.05) is 23.8 Å². The number of carbonyl (C=O) groups is 1. The van der Waals surface area contributed by atoms with Crippen molar-refractivity contribution in [1.82, 2.24) is 13.9 Å². The summed E-state index contributed by atoms with van der Waals surface area (Å²) in [5, 5.41) is 2.97. The number of nitrogens with zero attached hydrogens (tertiary/aromatic N) is 2. The molecule has 2 saturated heterocycles. The van der Waals surface area contributed by atoms with Gasteiger partial charge in [0.1, 0.15) is 0 Å². The second-order valence-corrected chi connectivity index (χ2v) is 11.4. The summed E-state index contributed by atoms with van der Waals surface area (Å²) in [6.45, 7) is 6.30. The zero-order valence-corrected chi connectivity index (χ0v) is 20.1. The lowest BCUT2D eigenvalue weighted by atomic mass is 9.98. The number of hydrogen-bond acceptors (Lipinski definition) is 4. The van der Waals surface area contributed by atoms with E-state index in [1.807, 2.05) is 0 Å². The lowest BCUT2D eigenvalue weighted by Gasteiger charge is -2.41. The van der Waals surface area contributed by atoms with Gasteiger partial charge in [0.25, 0.3) is 0 Å². The zero-order chi connectivity index (χ0) is 22.5. The molecule has 5 rings (SSSR count). The van der Waals surface area contributed by atoms with Crippen molar-refractivity contribution in [2.75, 3.05) is 18.4 Å². The molecule has 2 amide bonds. The van der Waals surface area contributed by atoms with Crippen LogP contribution < -0.4 is 10.0 Å². The number of urea groups is 1. The number of fused-ring (bicyclic) bond motifs is 4. The van der Waals surface area contributed by atoms with Crippen molar-refractivity contribution in [2.45, 2.75) is 96.2 Å². The number of nitrogens with one attached hydrogen (secondary N) is 2. The third-order valence-electron chi connectivity index (χ3n) is 8.18. The summed E-state index contributed by atoms with van der Waals surface area (Å²) in [6.07, 6.45) is 9.64. The molecule has 2 heterocycles.